The molecule has 0 saturated carbocycles. The van der Waals surface area contributed by atoms with Crippen LogP contribution < -0.4 is 15.0 Å². The van der Waals surface area contributed by atoms with Crippen molar-refractivity contribution >= 4 is 17.8 Å². The van der Waals surface area contributed by atoms with Crippen molar-refractivity contribution in [2.45, 2.75) is 57.3 Å². The summed E-state index contributed by atoms with van der Waals surface area (Å²) in [5, 5.41) is 8.96. The predicted octanol–water partition coefficient (Wildman–Crippen LogP) is 3.51. The van der Waals surface area contributed by atoms with Gasteiger partial charge in [0, 0.05) is 25.0 Å². The monoisotopic (exact) mass is 528 g/mol. The molecular formula is C28H36N2O8. The van der Waals surface area contributed by atoms with E-state index in [2.05, 4.69) is 5.48 Å². The fraction of sp³-hybridized carbons (Fsp3) is 0.464. The lowest BCUT2D eigenvalue weighted by atomic mass is 9.83. The lowest BCUT2D eigenvalue weighted by molar-refractivity contribution is -0.155. The van der Waals surface area contributed by atoms with Gasteiger partial charge in [0.1, 0.15) is 17.1 Å². The fourth-order valence-electron chi connectivity index (χ4n) is 4.04. The molecule has 2 N–H and O–H groups in total. The van der Waals surface area contributed by atoms with Crippen molar-refractivity contribution in [3.05, 3.63) is 59.7 Å². The van der Waals surface area contributed by atoms with Crippen LogP contribution in [0.3, 0.4) is 0 Å². The molecule has 2 atom stereocenters. The number of benzene rings is 2. The van der Waals surface area contributed by atoms with Crippen molar-refractivity contribution in [1.82, 2.24) is 5.48 Å². The SMILES string of the molecule is CONC(=O)[C@@]1(CCC(=O)OC(C)(C)C)N=C(c2ccc(OCCCO)cc2)O[C@H]1c1cccc(OC)c1. The van der Waals surface area contributed by atoms with Gasteiger partial charge < -0.3 is 24.1 Å². The van der Waals surface area contributed by atoms with Crippen LogP contribution >= 0.6 is 0 Å². The van der Waals surface area contributed by atoms with E-state index in [9.17, 15) is 9.59 Å². The number of nitrogens with zero attached hydrogens (tertiary/aromatic N) is 1. The maximum absolute atomic E-state index is 13.5. The van der Waals surface area contributed by atoms with E-state index in [0.29, 0.717) is 35.7 Å². The molecule has 3 rings (SSSR count). The first-order valence-electron chi connectivity index (χ1n) is 12.4. The van der Waals surface area contributed by atoms with Gasteiger partial charge in [-0.05, 0) is 69.2 Å². The largest absolute Gasteiger partial charge is 0.497 e. The van der Waals surface area contributed by atoms with Crippen molar-refractivity contribution in [2.24, 2.45) is 4.99 Å². The van der Waals surface area contributed by atoms with E-state index in [0.717, 1.165) is 0 Å². The summed E-state index contributed by atoms with van der Waals surface area (Å²) in [6, 6.07) is 14.2. The Labute approximate surface area is 222 Å². The molecule has 1 aliphatic heterocycles. The average Bonchev–Trinajstić information content (AvgIpc) is 3.28. The van der Waals surface area contributed by atoms with Crippen molar-refractivity contribution in [2.75, 3.05) is 27.4 Å². The lowest BCUT2D eigenvalue weighted by Crippen LogP contribution is -2.48. The minimum Gasteiger partial charge on any atom is -0.497 e. The average molecular weight is 529 g/mol. The molecule has 0 saturated heterocycles. The lowest BCUT2D eigenvalue weighted by Gasteiger charge is -2.30. The zero-order valence-corrected chi connectivity index (χ0v) is 22.5. The standard InChI is InChI=1S/C28H36N2O8/c1-27(2,3)38-23(32)14-15-28(26(33)30-35-5)24(20-8-6-9-22(18-20)34-4)37-25(29-28)19-10-12-21(13-11-19)36-17-7-16-31/h6,8-13,18,24,31H,7,14-17H2,1-5H3,(H,30,33)/t24-,28-/m0/s1. The second kappa shape index (κ2) is 12.7. The van der Waals surface area contributed by atoms with Crippen LogP contribution in [-0.2, 0) is 23.9 Å². The molecule has 0 unspecified atom stereocenters. The van der Waals surface area contributed by atoms with E-state index >= 15 is 0 Å². The molecule has 2 aromatic rings. The first-order chi connectivity index (χ1) is 18.1. The molecule has 0 radical (unpaired) electrons. The Balaban J connectivity index is 2.01. The van der Waals surface area contributed by atoms with Crippen LogP contribution in [0, 0.1) is 0 Å². The molecule has 0 aromatic heterocycles. The smallest absolute Gasteiger partial charge is 0.306 e. The second-order valence-electron chi connectivity index (χ2n) is 9.79. The quantitative estimate of drug-likeness (QED) is 0.244. The van der Waals surface area contributed by atoms with E-state index in [1.165, 1.54) is 7.11 Å². The molecule has 0 fully saturated rings. The number of hydrogen-bond donors (Lipinski definition) is 2. The molecule has 2 aromatic carbocycles. The number of carbonyl (C=O) groups excluding carboxylic acids is 2. The van der Waals surface area contributed by atoms with Crippen LogP contribution in [0.1, 0.15) is 57.3 Å². The number of hydroxylamine groups is 1. The highest BCUT2D eigenvalue weighted by molar-refractivity contribution is 6.01. The number of nitrogens with one attached hydrogen (secondary N) is 1. The van der Waals surface area contributed by atoms with Gasteiger partial charge in [-0.3, -0.25) is 14.4 Å². The Morgan fingerprint density at radius 1 is 1.11 bits per heavy atom. The highest BCUT2D eigenvalue weighted by Crippen LogP contribution is 2.44. The Kier molecular flexibility index (Phi) is 9.71. The highest BCUT2D eigenvalue weighted by Gasteiger charge is 2.53. The van der Waals surface area contributed by atoms with Crippen LogP contribution in [0.2, 0.25) is 0 Å². The van der Waals surface area contributed by atoms with Crippen LogP contribution in [0.5, 0.6) is 11.5 Å². The number of rotatable bonds is 12. The number of aliphatic imine (C=N–C) groups is 1. The van der Waals surface area contributed by atoms with E-state index in [1.807, 2.05) is 6.07 Å². The van der Waals surface area contributed by atoms with Gasteiger partial charge in [-0.2, -0.15) is 0 Å². The van der Waals surface area contributed by atoms with Gasteiger partial charge in [-0.15, -0.1) is 0 Å². The number of esters is 1. The van der Waals surface area contributed by atoms with Gasteiger partial charge in [0.25, 0.3) is 5.91 Å². The van der Waals surface area contributed by atoms with Crippen molar-refractivity contribution in [1.29, 1.82) is 0 Å². The molecule has 10 heteroatoms. The van der Waals surface area contributed by atoms with E-state index in [4.69, 9.17) is 33.9 Å². The summed E-state index contributed by atoms with van der Waals surface area (Å²) in [6.07, 6.45) is -0.433. The highest BCUT2D eigenvalue weighted by atomic mass is 16.6. The van der Waals surface area contributed by atoms with E-state index < -0.39 is 29.1 Å². The minimum atomic E-state index is -1.54. The number of amides is 1. The van der Waals surface area contributed by atoms with Crippen LogP contribution in [0.15, 0.2) is 53.5 Å². The molecule has 38 heavy (non-hydrogen) atoms. The van der Waals surface area contributed by atoms with Crippen molar-refractivity contribution in [3.8, 4) is 11.5 Å². The summed E-state index contributed by atoms with van der Waals surface area (Å²) < 4.78 is 22.8. The summed E-state index contributed by atoms with van der Waals surface area (Å²) in [6.45, 7) is 5.77. The topological polar surface area (TPSA) is 125 Å². The van der Waals surface area contributed by atoms with Gasteiger partial charge in [0.2, 0.25) is 5.90 Å². The number of ether oxygens (including phenoxy) is 4. The number of carbonyl (C=O) groups is 2. The van der Waals surface area contributed by atoms with Gasteiger partial charge >= 0.3 is 5.97 Å². The number of aliphatic hydroxyl groups is 1. The molecule has 1 aliphatic rings. The van der Waals surface area contributed by atoms with Gasteiger partial charge in [0.15, 0.2) is 11.6 Å². The molecule has 0 spiro atoms. The first-order valence-corrected chi connectivity index (χ1v) is 12.4. The summed E-state index contributed by atoms with van der Waals surface area (Å²) in [5.41, 5.74) is 1.44. The van der Waals surface area contributed by atoms with Gasteiger partial charge in [-0.25, -0.2) is 10.5 Å². The Bertz CT molecular complexity index is 1130. The molecule has 10 nitrogen and oxygen atoms in total. The molecule has 0 bridgehead atoms. The maximum atomic E-state index is 13.5. The Hall–Kier alpha value is -3.63. The third-order valence-corrected chi connectivity index (χ3v) is 5.75. The van der Waals surface area contributed by atoms with Crippen molar-refractivity contribution in [3.63, 3.8) is 0 Å². The van der Waals surface area contributed by atoms with Gasteiger partial charge in [-0.1, -0.05) is 12.1 Å². The molecule has 1 amide bonds. The number of aliphatic hydroxyl groups excluding tert-OH is 1. The first kappa shape index (κ1) is 28.9. The Morgan fingerprint density at radius 2 is 1.84 bits per heavy atom. The zero-order valence-electron chi connectivity index (χ0n) is 22.5. The second-order valence-corrected chi connectivity index (χ2v) is 9.79. The van der Waals surface area contributed by atoms with Crippen LogP contribution in [0.25, 0.3) is 0 Å². The maximum Gasteiger partial charge on any atom is 0.306 e. The summed E-state index contributed by atoms with van der Waals surface area (Å²) in [7, 11) is 2.88. The summed E-state index contributed by atoms with van der Waals surface area (Å²) >= 11 is 0. The van der Waals surface area contributed by atoms with Crippen LogP contribution in [-0.4, -0.2) is 61.5 Å². The molecule has 1 heterocycles. The van der Waals surface area contributed by atoms with E-state index in [1.54, 1.807) is 70.3 Å². The zero-order chi connectivity index (χ0) is 27.8. The molecular weight excluding hydrogens is 492 g/mol. The third kappa shape index (κ3) is 7.23. The van der Waals surface area contributed by atoms with Gasteiger partial charge in [0.05, 0.1) is 20.8 Å². The molecule has 0 aliphatic carbocycles. The van der Waals surface area contributed by atoms with Crippen molar-refractivity contribution < 1.29 is 38.5 Å². The Morgan fingerprint density at radius 3 is 2.47 bits per heavy atom. The minimum absolute atomic E-state index is 0.00480. The number of hydrogen-bond acceptors (Lipinski definition) is 9. The molecule has 206 valence electrons. The normalized spacial score (nSPS) is 18.8. The summed E-state index contributed by atoms with van der Waals surface area (Å²) in [4.78, 5) is 35.9. The predicted molar refractivity (Wildman–Crippen MR) is 140 cm³/mol. The summed E-state index contributed by atoms with van der Waals surface area (Å²) in [5.74, 6) is 0.417. The van der Waals surface area contributed by atoms with E-state index in [-0.39, 0.29) is 25.3 Å². The van der Waals surface area contributed by atoms with Crippen LogP contribution in [0.4, 0.5) is 0 Å². The fourth-order valence-corrected chi connectivity index (χ4v) is 4.04. The third-order valence-electron chi connectivity index (χ3n) is 5.75. The number of methoxy groups -OCH3 is 1.